The van der Waals surface area contributed by atoms with Crippen LogP contribution in [0.15, 0.2) is 47.5 Å². The number of rotatable bonds is 2. The standard InChI is InChI=1S/C15H15NO3/c1-18-14(17)15-10-6-5-9-12(15)19-13(16-15)11-7-3-2-4-8-11/h2-5,7-9,12H,6,10H2,1H3/t12-,15+/m1/s1. The lowest BCUT2D eigenvalue weighted by molar-refractivity contribution is -0.149. The molecule has 0 amide bonds. The quantitative estimate of drug-likeness (QED) is 0.602. The lowest BCUT2D eigenvalue weighted by Gasteiger charge is -2.28. The number of hydrogen-bond acceptors (Lipinski definition) is 4. The molecule has 1 aliphatic carbocycles. The van der Waals surface area contributed by atoms with Crippen molar-refractivity contribution < 1.29 is 14.3 Å². The van der Waals surface area contributed by atoms with Crippen LogP contribution in [0.4, 0.5) is 0 Å². The fourth-order valence-corrected chi connectivity index (χ4v) is 2.56. The third-order valence-corrected chi connectivity index (χ3v) is 3.57. The monoisotopic (exact) mass is 257 g/mol. The summed E-state index contributed by atoms with van der Waals surface area (Å²) in [7, 11) is 1.39. The highest BCUT2D eigenvalue weighted by atomic mass is 16.5. The average Bonchev–Trinajstić information content (AvgIpc) is 2.88. The first-order valence-corrected chi connectivity index (χ1v) is 6.33. The Bertz CT molecular complexity index is 550. The number of carbonyl (C=O) groups is 1. The minimum absolute atomic E-state index is 0.326. The van der Waals surface area contributed by atoms with E-state index in [-0.39, 0.29) is 12.1 Å². The Labute approximate surface area is 111 Å². The van der Waals surface area contributed by atoms with E-state index in [2.05, 4.69) is 4.99 Å². The molecular weight excluding hydrogens is 242 g/mol. The van der Waals surface area contributed by atoms with Crippen molar-refractivity contribution in [3.63, 3.8) is 0 Å². The largest absolute Gasteiger partial charge is 0.467 e. The summed E-state index contributed by atoms with van der Waals surface area (Å²) in [5, 5.41) is 0. The normalized spacial score (nSPS) is 28.3. The molecule has 1 heterocycles. The van der Waals surface area contributed by atoms with Gasteiger partial charge in [-0.1, -0.05) is 24.3 Å². The number of nitrogens with zero attached hydrogens (tertiary/aromatic N) is 1. The lowest BCUT2D eigenvalue weighted by atomic mass is 9.84. The number of benzene rings is 1. The van der Waals surface area contributed by atoms with Crippen LogP contribution in [0, 0.1) is 0 Å². The molecule has 0 saturated heterocycles. The molecule has 0 fully saturated rings. The molecule has 19 heavy (non-hydrogen) atoms. The smallest absolute Gasteiger partial charge is 0.338 e. The number of hydrogen-bond donors (Lipinski definition) is 0. The zero-order valence-corrected chi connectivity index (χ0v) is 10.7. The number of allylic oxidation sites excluding steroid dienone is 1. The molecule has 0 saturated carbocycles. The SMILES string of the molecule is COC(=O)[C@]12CCC=C[C@H]1OC(c1ccccc1)=N2. The van der Waals surface area contributed by atoms with E-state index in [9.17, 15) is 4.79 Å². The molecule has 0 spiro atoms. The number of carbonyl (C=O) groups excluding carboxylic acids is 1. The zero-order valence-electron chi connectivity index (χ0n) is 10.7. The molecule has 4 heteroatoms. The molecule has 4 nitrogen and oxygen atoms in total. The Balaban J connectivity index is 2.02. The summed E-state index contributed by atoms with van der Waals surface area (Å²) < 4.78 is 10.8. The first-order chi connectivity index (χ1) is 9.26. The van der Waals surface area contributed by atoms with E-state index < -0.39 is 5.54 Å². The van der Waals surface area contributed by atoms with Crippen LogP contribution in [-0.2, 0) is 14.3 Å². The second kappa shape index (κ2) is 4.53. The van der Waals surface area contributed by atoms with Crippen LogP contribution < -0.4 is 0 Å². The van der Waals surface area contributed by atoms with Gasteiger partial charge in [0.1, 0.15) is 0 Å². The van der Waals surface area contributed by atoms with Gasteiger partial charge in [0.05, 0.1) is 7.11 Å². The predicted octanol–water partition coefficient (Wildman–Crippen LogP) is 2.09. The van der Waals surface area contributed by atoms with E-state index in [1.807, 2.05) is 42.5 Å². The van der Waals surface area contributed by atoms with Gasteiger partial charge in [-0.05, 0) is 31.1 Å². The summed E-state index contributed by atoms with van der Waals surface area (Å²) in [5.41, 5.74) is -0.0251. The van der Waals surface area contributed by atoms with E-state index in [4.69, 9.17) is 9.47 Å². The Morgan fingerprint density at radius 2 is 2.21 bits per heavy atom. The highest BCUT2D eigenvalue weighted by molar-refractivity contribution is 5.99. The molecule has 0 radical (unpaired) electrons. The van der Waals surface area contributed by atoms with E-state index in [0.29, 0.717) is 12.3 Å². The summed E-state index contributed by atoms with van der Waals surface area (Å²) in [6.45, 7) is 0. The fraction of sp³-hybridized carbons (Fsp3) is 0.333. The third kappa shape index (κ3) is 1.84. The number of esters is 1. The molecule has 0 aromatic heterocycles. The molecule has 0 unspecified atom stereocenters. The van der Waals surface area contributed by atoms with E-state index in [1.165, 1.54) is 7.11 Å². The minimum Gasteiger partial charge on any atom is -0.467 e. The second-order valence-corrected chi connectivity index (χ2v) is 4.70. The van der Waals surface area contributed by atoms with Crippen molar-refractivity contribution >= 4 is 11.9 Å². The Hall–Kier alpha value is -2.10. The molecular formula is C15H15NO3. The van der Waals surface area contributed by atoms with Crippen molar-refractivity contribution in [2.45, 2.75) is 24.5 Å². The first kappa shape index (κ1) is 12.0. The van der Waals surface area contributed by atoms with Crippen LogP contribution in [-0.4, -0.2) is 30.6 Å². The lowest BCUT2D eigenvalue weighted by Crippen LogP contribution is -2.47. The zero-order chi connectivity index (χ0) is 13.3. The summed E-state index contributed by atoms with van der Waals surface area (Å²) in [5.74, 6) is 0.190. The summed E-state index contributed by atoms with van der Waals surface area (Å²) in [6, 6.07) is 9.62. The number of fused-ring (bicyclic) bond motifs is 1. The van der Waals surface area contributed by atoms with Gasteiger partial charge in [-0.3, -0.25) is 0 Å². The van der Waals surface area contributed by atoms with Crippen LogP contribution in [0.25, 0.3) is 0 Å². The van der Waals surface area contributed by atoms with Crippen molar-refractivity contribution in [3.8, 4) is 0 Å². The average molecular weight is 257 g/mol. The van der Waals surface area contributed by atoms with Gasteiger partial charge >= 0.3 is 5.97 Å². The third-order valence-electron chi connectivity index (χ3n) is 3.57. The van der Waals surface area contributed by atoms with Crippen molar-refractivity contribution in [3.05, 3.63) is 48.0 Å². The number of aliphatic imine (C=N–C) groups is 1. The molecule has 1 aromatic rings. The first-order valence-electron chi connectivity index (χ1n) is 6.33. The van der Waals surface area contributed by atoms with Gasteiger partial charge in [0, 0.05) is 5.56 Å². The predicted molar refractivity (Wildman–Crippen MR) is 71.0 cm³/mol. The molecule has 0 N–H and O–H groups in total. The summed E-state index contributed by atoms with van der Waals surface area (Å²) >= 11 is 0. The van der Waals surface area contributed by atoms with Gasteiger partial charge in [-0.2, -0.15) is 0 Å². The Morgan fingerprint density at radius 3 is 2.95 bits per heavy atom. The van der Waals surface area contributed by atoms with Gasteiger partial charge in [0.15, 0.2) is 6.10 Å². The molecule has 2 atom stereocenters. The highest BCUT2D eigenvalue weighted by Crippen LogP contribution is 2.37. The van der Waals surface area contributed by atoms with E-state index in [0.717, 1.165) is 12.0 Å². The molecule has 98 valence electrons. The van der Waals surface area contributed by atoms with Gasteiger partial charge in [-0.25, -0.2) is 9.79 Å². The van der Waals surface area contributed by atoms with Gasteiger partial charge in [-0.15, -0.1) is 0 Å². The van der Waals surface area contributed by atoms with Crippen LogP contribution in [0.5, 0.6) is 0 Å². The maximum absolute atomic E-state index is 12.1. The van der Waals surface area contributed by atoms with Crippen molar-refractivity contribution in [2.75, 3.05) is 7.11 Å². The molecule has 1 aliphatic heterocycles. The van der Waals surface area contributed by atoms with Crippen LogP contribution in [0.1, 0.15) is 18.4 Å². The molecule has 2 aliphatic rings. The maximum Gasteiger partial charge on any atom is 0.338 e. The van der Waals surface area contributed by atoms with Crippen molar-refractivity contribution in [1.29, 1.82) is 0 Å². The molecule has 0 bridgehead atoms. The Morgan fingerprint density at radius 1 is 1.42 bits per heavy atom. The van der Waals surface area contributed by atoms with Gasteiger partial charge in [0.2, 0.25) is 11.4 Å². The fourth-order valence-electron chi connectivity index (χ4n) is 2.56. The highest BCUT2D eigenvalue weighted by Gasteiger charge is 2.53. The van der Waals surface area contributed by atoms with E-state index in [1.54, 1.807) is 0 Å². The Kier molecular flexibility index (Phi) is 2.85. The van der Waals surface area contributed by atoms with Gasteiger partial charge < -0.3 is 9.47 Å². The van der Waals surface area contributed by atoms with Crippen LogP contribution in [0.3, 0.4) is 0 Å². The second-order valence-electron chi connectivity index (χ2n) is 4.70. The molecule has 1 aromatic carbocycles. The summed E-state index contributed by atoms with van der Waals surface area (Å²) in [6.07, 6.45) is 5.00. The van der Waals surface area contributed by atoms with Crippen LogP contribution >= 0.6 is 0 Å². The summed E-state index contributed by atoms with van der Waals surface area (Å²) in [4.78, 5) is 16.7. The topological polar surface area (TPSA) is 47.9 Å². The van der Waals surface area contributed by atoms with Gasteiger partial charge in [0.25, 0.3) is 0 Å². The number of ether oxygens (including phenoxy) is 2. The van der Waals surface area contributed by atoms with E-state index >= 15 is 0 Å². The maximum atomic E-state index is 12.1. The minimum atomic E-state index is -0.908. The molecule has 3 rings (SSSR count). The van der Waals surface area contributed by atoms with Crippen LogP contribution in [0.2, 0.25) is 0 Å². The van der Waals surface area contributed by atoms with Crippen molar-refractivity contribution in [1.82, 2.24) is 0 Å². The number of methoxy groups -OCH3 is 1. The van der Waals surface area contributed by atoms with Crippen molar-refractivity contribution in [2.24, 2.45) is 4.99 Å².